The molecule has 0 unspecified atom stereocenters. The van der Waals surface area contributed by atoms with E-state index in [1.165, 1.54) is 25.7 Å². The van der Waals surface area contributed by atoms with Gasteiger partial charge in [-0.05, 0) is 18.4 Å². The lowest BCUT2D eigenvalue weighted by molar-refractivity contribution is 0.0896. The minimum atomic E-state index is -0.251. The van der Waals surface area contributed by atoms with Crippen LogP contribution in [0.4, 0.5) is 0 Å². The average molecular weight is 299 g/mol. The Bertz CT molecular complexity index is 601. The van der Waals surface area contributed by atoms with Crippen LogP contribution < -0.4 is 5.32 Å². The first-order chi connectivity index (χ1) is 10.8. The van der Waals surface area contributed by atoms with E-state index >= 15 is 0 Å². The number of hydrogen-bond acceptors (Lipinski definition) is 4. The molecule has 5 nitrogen and oxygen atoms in total. The van der Waals surface area contributed by atoms with Crippen molar-refractivity contribution in [3.63, 3.8) is 0 Å². The van der Waals surface area contributed by atoms with Crippen LogP contribution >= 0.6 is 0 Å². The van der Waals surface area contributed by atoms with Crippen molar-refractivity contribution in [3.8, 4) is 0 Å². The first-order valence-corrected chi connectivity index (χ1v) is 7.98. The van der Waals surface area contributed by atoms with Gasteiger partial charge in [-0.1, -0.05) is 56.0 Å². The van der Waals surface area contributed by atoms with Gasteiger partial charge in [0, 0.05) is 6.04 Å². The number of rotatable bonds is 4. The molecule has 22 heavy (non-hydrogen) atoms. The largest absolute Gasteiger partial charge is 0.417 e. The number of aromatic nitrogens is 2. The molecular formula is C17H21N3O2. The third-order valence-corrected chi connectivity index (χ3v) is 4.05. The van der Waals surface area contributed by atoms with Crippen molar-refractivity contribution in [3.05, 3.63) is 47.7 Å². The van der Waals surface area contributed by atoms with Gasteiger partial charge in [0.05, 0.1) is 6.42 Å². The van der Waals surface area contributed by atoms with Crippen LogP contribution in [0.1, 0.15) is 60.7 Å². The van der Waals surface area contributed by atoms with Crippen molar-refractivity contribution >= 4 is 5.91 Å². The minimum absolute atomic E-state index is 0.0650. The molecule has 1 aliphatic rings. The molecule has 3 rings (SSSR count). The molecule has 1 heterocycles. The molecule has 1 N–H and O–H groups in total. The molecule has 0 aliphatic heterocycles. The molecule has 116 valence electrons. The number of nitrogens with one attached hydrogen (secondary N) is 1. The summed E-state index contributed by atoms with van der Waals surface area (Å²) in [7, 11) is 0. The van der Waals surface area contributed by atoms with Crippen LogP contribution in [-0.4, -0.2) is 22.1 Å². The molecule has 0 saturated heterocycles. The zero-order valence-electron chi connectivity index (χ0n) is 12.6. The topological polar surface area (TPSA) is 68.0 Å². The Morgan fingerprint density at radius 2 is 1.82 bits per heavy atom. The maximum Gasteiger partial charge on any atom is 0.309 e. The molecule has 1 amide bonds. The Morgan fingerprint density at radius 1 is 1.09 bits per heavy atom. The summed E-state index contributed by atoms with van der Waals surface area (Å²) in [6.07, 6.45) is 7.49. The summed E-state index contributed by atoms with van der Waals surface area (Å²) in [5.74, 6) is 0.283. The van der Waals surface area contributed by atoms with Gasteiger partial charge in [0.2, 0.25) is 5.89 Å². The monoisotopic (exact) mass is 299 g/mol. The minimum Gasteiger partial charge on any atom is -0.417 e. The predicted octanol–water partition coefficient (Wildman–Crippen LogP) is 3.11. The lowest BCUT2D eigenvalue weighted by atomic mass is 10.1. The van der Waals surface area contributed by atoms with Crippen LogP contribution in [0.2, 0.25) is 0 Å². The van der Waals surface area contributed by atoms with Gasteiger partial charge in [-0.25, -0.2) is 0 Å². The SMILES string of the molecule is O=C(NC1CCCCCC1)c1nnc(Cc2ccccc2)o1. The number of benzene rings is 1. The fraction of sp³-hybridized carbons (Fsp3) is 0.471. The van der Waals surface area contributed by atoms with E-state index in [-0.39, 0.29) is 17.8 Å². The summed E-state index contributed by atoms with van der Waals surface area (Å²) >= 11 is 0. The van der Waals surface area contributed by atoms with E-state index in [0.29, 0.717) is 12.3 Å². The third-order valence-electron chi connectivity index (χ3n) is 4.05. The summed E-state index contributed by atoms with van der Waals surface area (Å²) in [5.41, 5.74) is 1.09. The van der Waals surface area contributed by atoms with E-state index < -0.39 is 0 Å². The summed E-state index contributed by atoms with van der Waals surface area (Å²) in [5, 5.41) is 10.9. The fourth-order valence-electron chi connectivity index (χ4n) is 2.86. The highest BCUT2D eigenvalue weighted by Crippen LogP contribution is 2.17. The second-order valence-electron chi connectivity index (χ2n) is 5.83. The molecule has 1 fully saturated rings. The van der Waals surface area contributed by atoms with Gasteiger partial charge in [0.25, 0.3) is 0 Å². The second kappa shape index (κ2) is 7.20. The normalized spacial score (nSPS) is 16.2. The Morgan fingerprint density at radius 3 is 2.55 bits per heavy atom. The number of hydrogen-bond donors (Lipinski definition) is 1. The van der Waals surface area contributed by atoms with E-state index in [9.17, 15) is 4.79 Å². The maximum atomic E-state index is 12.2. The van der Waals surface area contributed by atoms with E-state index in [2.05, 4.69) is 15.5 Å². The number of nitrogens with zero attached hydrogens (tertiary/aromatic N) is 2. The van der Waals surface area contributed by atoms with Gasteiger partial charge in [-0.3, -0.25) is 4.79 Å². The second-order valence-corrected chi connectivity index (χ2v) is 5.83. The first kappa shape index (κ1) is 14.8. The lowest BCUT2D eigenvalue weighted by Gasteiger charge is -2.14. The standard InChI is InChI=1S/C17H21N3O2/c21-16(18-14-10-6-1-2-7-11-14)17-20-19-15(22-17)12-13-8-4-3-5-9-13/h3-5,8-9,14H,1-2,6-7,10-12H2,(H,18,21). The zero-order valence-corrected chi connectivity index (χ0v) is 12.6. The molecule has 1 saturated carbocycles. The number of carbonyl (C=O) groups excluding carboxylic acids is 1. The van der Waals surface area contributed by atoms with Crippen molar-refractivity contribution in [2.75, 3.05) is 0 Å². The quantitative estimate of drug-likeness (QED) is 0.881. The van der Waals surface area contributed by atoms with Gasteiger partial charge in [-0.2, -0.15) is 0 Å². The molecule has 1 aliphatic carbocycles. The van der Waals surface area contributed by atoms with Crippen molar-refractivity contribution in [2.45, 2.75) is 51.0 Å². The lowest BCUT2D eigenvalue weighted by Crippen LogP contribution is -2.34. The molecule has 0 radical (unpaired) electrons. The van der Waals surface area contributed by atoms with E-state index in [1.54, 1.807) is 0 Å². The van der Waals surface area contributed by atoms with Crippen molar-refractivity contribution in [2.24, 2.45) is 0 Å². The predicted molar refractivity (Wildman–Crippen MR) is 82.5 cm³/mol. The molecule has 5 heteroatoms. The van der Waals surface area contributed by atoms with Crippen LogP contribution in [0.15, 0.2) is 34.7 Å². The van der Waals surface area contributed by atoms with Crippen LogP contribution in [-0.2, 0) is 6.42 Å². The molecule has 0 bridgehead atoms. The Labute approximate surface area is 130 Å². The average Bonchev–Trinajstić information content (AvgIpc) is 2.85. The Hall–Kier alpha value is -2.17. The molecule has 0 atom stereocenters. The molecule has 2 aromatic rings. The summed E-state index contributed by atoms with van der Waals surface area (Å²) in [6.45, 7) is 0. The zero-order chi connectivity index (χ0) is 15.2. The van der Waals surface area contributed by atoms with E-state index in [1.807, 2.05) is 30.3 Å². The highest BCUT2D eigenvalue weighted by atomic mass is 16.4. The van der Waals surface area contributed by atoms with Crippen molar-refractivity contribution in [1.82, 2.24) is 15.5 Å². The third kappa shape index (κ3) is 3.93. The first-order valence-electron chi connectivity index (χ1n) is 7.98. The Kier molecular flexibility index (Phi) is 4.83. The highest BCUT2D eigenvalue weighted by molar-refractivity contribution is 5.89. The van der Waals surface area contributed by atoms with Gasteiger partial charge in [0.15, 0.2) is 0 Å². The smallest absolute Gasteiger partial charge is 0.309 e. The summed E-state index contributed by atoms with van der Waals surface area (Å²) < 4.78 is 5.49. The van der Waals surface area contributed by atoms with Gasteiger partial charge in [0.1, 0.15) is 0 Å². The highest BCUT2D eigenvalue weighted by Gasteiger charge is 2.20. The number of amides is 1. The molecule has 1 aromatic heterocycles. The van der Waals surface area contributed by atoms with Crippen LogP contribution in [0.5, 0.6) is 0 Å². The Balaban J connectivity index is 1.59. The molecule has 0 spiro atoms. The molecular weight excluding hydrogens is 278 g/mol. The van der Waals surface area contributed by atoms with Crippen molar-refractivity contribution in [1.29, 1.82) is 0 Å². The van der Waals surface area contributed by atoms with Crippen molar-refractivity contribution < 1.29 is 9.21 Å². The van der Waals surface area contributed by atoms with Crippen LogP contribution in [0, 0.1) is 0 Å². The fourth-order valence-corrected chi connectivity index (χ4v) is 2.86. The maximum absolute atomic E-state index is 12.2. The summed E-state index contributed by atoms with van der Waals surface area (Å²) in [4.78, 5) is 12.2. The summed E-state index contributed by atoms with van der Waals surface area (Å²) in [6, 6.07) is 10.1. The van der Waals surface area contributed by atoms with Gasteiger partial charge in [-0.15, -0.1) is 10.2 Å². The van der Waals surface area contributed by atoms with Gasteiger partial charge >= 0.3 is 11.8 Å². The molecule has 1 aromatic carbocycles. The van der Waals surface area contributed by atoms with Crippen LogP contribution in [0.25, 0.3) is 0 Å². The van der Waals surface area contributed by atoms with Crippen LogP contribution in [0.3, 0.4) is 0 Å². The van der Waals surface area contributed by atoms with E-state index in [4.69, 9.17) is 4.42 Å². The van der Waals surface area contributed by atoms with Gasteiger partial charge < -0.3 is 9.73 Å². The van der Waals surface area contributed by atoms with E-state index in [0.717, 1.165) is 18.4 Å². The number of carbonyl (C=O) groups is 1.